The van der Waals surface area contributed by atoms with Crippen molar-refractivity contribution in [2.24, 2.45) is 0 Å². The molecule has 0 unspecified atom stereocenters. The third kappa shape index (κ3) is 4.65. The Labute approximate surface area is 202 Å². The molecule has 2 aromatic carbocycles. The molecule has 0 radical (unpaired) electrons. The number of β-lactam (4-membered cyclic amide) rings is 1. The van der Waals surface area contributed by atoms with E-state index in [1.165, 1.54) is 21.6 Å². The van der Waals surface area contributed by atoms with Gasteiger partial charge in [-0.2, -0.15) is 0 Å². The number of nitrogens with zero attached hydrogens (tertiary/aromatic N) is 2. The first-order valence-electron chi connectivity index (χ1n) is 11.0. The second kappa shape index (κ2) is 9.50. The molecule has 34 heavy (non-hydrogen) atoms. The van der Waals surface area contributed by atoms with Gasteiger partial charge >= 0.3 is 5.97 Å². The third-order valence-corrected chi connectivity index (χ3v) is 7.53. The van der Waals surface area contributed by atoms with E-state index in [9.17, 15) is 19.2 Å². The van der Waals surface area contributed by atoms with Crippen LogP contribution < -0.4 is 5.32 Å². The number of esters is 1. The molecule has 2 heterocycles. The second-order valence-electron chi connectivity index (χ2n) is 8.93. The Morgan fingerprint density at radius 3 is 2.32 bits per heavy atom. The molecule has 8 nitrogen and oxygen atoms in total. The Kier molecular flexibility index (Phi) is 6.65. The van der Waals surface area contributed by atoms with E-state index in [1.54, 1.807) is 31.3 Å². The van der Waals surface area contributed by atoms with Crippen molar-refractivity contribution in [1.82, 2.24) is 15.1 Å². The fourth-order valence-corrected chi connectivity index (χ4v) is 5.85. The molecule has 0 bridgehead atoms. The summed E-state index contributed by atoms with van der Waals surface area (Å²) < 4.78 is 4.82. The standard InChI is InChI=1S/C25H27N3O5S/c1-25(2)20(24(32)33-15-27(3)21(30)17-12-8-5-9-13-17)28-22(31)19(23(28)34-25)26-18(29)14-16-10-6-4-7-11-16/h4-13,19-20,23H,14-15H2,1-3H3,(H,26,29)/t19-,20+,23-/m1/s1. The van der Waals surface area contributed by atoms with Crippen molar-refractivity contribution >= 4 is 35.5 Å². The lowest BCUT2D eigenvalue weighted by Crippen LogP contribution is -2.70. The van der Waals surface area contributed by atoms with Gasteiger partial charge in [-0.05, 0) is 31.5 Å². The van der Waals surface area contributed by atoms with Crippen LogP contribution >= 0.6 is 11.8 Å². The molecule has 0 spiro atoms. The monoisotopic (exact) mass is 481 g/mol. The summed E-state index contributed by atoms with van der Waals surface area (Å²) in [7, 11) is 1.55. The first kappa shape index (κ1) is 23.8. The van der Waals surface area contributed by atoms with Crippen molar-refractivity contribution in [3.8, 4) is 0 Å². The smallest absolute Gasteiger partial charge is 0.332 e. The topological polar surface area (TPSA) is 96.0 Å². The number of rotatable bonds is 7. The highest BCUT2D eigenvalue weighted by Crippen LogP contribution is 2.51. The van der Waals surface area contributed by atoms with Crippen molar-refractivity contribution in [3.05, 3.63) is 71.8 Å². The molecule has 3 amide bonds. The normalized spacial score (nSPS) is 22.4. The van der Waals surface area contributed by atoms with E-state index in [0.717, 1.165) is 5.56 Å². The van der Waals surface area contributed by atoms with Crippen molar-refractivity contribution in [1.29, 1.82) is 0 Å². The molecule has 2 saturated heterocycles. The van der Waals surface area contributed by atoms with E-state index in [2.05, 4.69) is 5.32 Å². The van der Waals surface area contributed by atoms with Crippen molar-refractivity contribution in [2.45, 2.75) is 42.5 Å². The zero-order chi connectivity index (χ0) is 24.5. The zero-order valence-electron chi connectivity index (χ0n) is 19.3. The van der Waals surface area contributed by atoms with Crippen molar-refractivity contribution in [3.63, 3.8) is 0 Å². The summed E-state index contributed by atoms with van der Waals surface area (Å²) in [6, 6.07) is 16.5. The number of thioether (sulfide) groups is 1. The minimum Gasteiger partial charge on any atom is -0.443 e. The number of nitrogens with one attached hydrogen (secondary N) is 1. The van der Waals surface area contributed by atoms with Crippen LogP contribution in [0.5, 0.6) is 0 Å². The van der Waals surface area contributed by atoms with Gasteiger partial charge in [0.25, 0.3) is 5.91 Å². The Morgan fingerprint density at radius 2 is 1.68 bits per heavy atom. The first-order chi connectivity index (χ1) is 16.2. The number of carbonyl (C=O) groups excluding carboxylic acids is 4. The number of amides is 3. The lowest BCUT2D eigenvalue weighted by atomic mass is 9.96. The van der Waals surface area contributed by atoms with Gasteiger partial charge in [0.05, 0.1) is 6.42 Å². The molecule has 3 atom stereocenters. The van der Waals surface area contributed by atoms with Gasteiger partial charge in [-0.3, -0.25) is 14.4 Å². The zero-order valence-corrected chi connectivity index (χ0v) is 20.1. The highest BCUT2D eigenvalue weighted by atomic mass is 32.2. The molecule has 1 N–H and O–H groups in total. The highest BCUT2D eigenvalue weighted by Gasteiger charge is 2.64. The van der Waals surface area contributed by atoms with Gasteiger partial charge in [0.1, 0.15) is 17.5 Å². The van der Waals surface area contributed by atoms with Crippen LogP contribution in [-0.4, -0.2) is 69.5 Å². The van der Waals surface area contributed by atoms with Crippen LogP contribution in [0.2, 0.25) is 0 Å². The maximum Gasteiger partial charge on any atom is 0.332 e. The average molecular weight is 482 g/mol. The molecule has 4 rings (SSSR count). The Hall–Kier alpha value is -3.33. The van der Waals surface area contributed by atoms with Crippen molar-refractivity contribution in [2.75, 3.05) is 13.8 Å². The summed E-state index contributed by atoms with van der Waals surface area (Å²) in [6.45, 7) is 3.52. The molecule has 0 saturated carbocycles. The summed E-state index contributed by atoms with van der Waals surface area (Å²) in [5.74, 6) is -1.39. The lowest BCUT2D eigenvalue weighted by Gasteiger charge is -2.44. The van der Waals surface area contributed by atoms with Gasteiger partial charge in [-0.25, -0.2) is 4.79 Å². The maximum absolute atomic E-state index is 13.0. The van der Waals surface area contributed by atoms with Gasteiger partial charge in [0.2, 0.25) is 11.8 Å². The van der Waals surface area contributed by atoms with Gasteiger partial charge in [-0.1, -0.05) is 48.5 Å². The van der Waals surface area contributed by atoms with Crippen LogP contribution in [0.25, 0.3) is 0 Å². The molecule has 2 fully saturated rings. The predicted molar refractivity (Wildman–Crippen MR) is 128 cm³/mol. The van der Waals surface area contributed by atoms with Gasteiger partial charge in [0.15, 0.2) is 6.73 Å². The van der Waals surface area contributed by atoms with Crippen LogP contribution in [0.4, 0.5) is 0 Å². The number of fused-ring (bicyclic) bond motifs is 1. The summed E-state index contributed by atoms with van der Waals surface area (Å²) >= 11 is 1.46. The summed E-state index contributed by atoms with van der Waals surface area (Å²) in [5, 5.41) is 2.47. The number of hydrogen-bond acceptors (Lipinski definition) is 6. The van der Waals surface area contributed by atoms with E-state index >= 15 is 0 Å². The molecule has 2 aliphatic heterocycles. The van der Waals surface area contributed by atoms with Crippen LogP contribution in [0, 0.1) is 0 Å². The fourth-order valence-electron chi connectivity index (χ4n) is 4.23. The Morgan fingerprint density at radius 1 is 1.06 bits per heavy atom. The molecular formula is C25H27N3O5S. The van der Waals surface area contributed by atoms with Crippen molar-refractivity contribution < 1.29 is 23.9 Å². The van der Waals surface area contributed by atoms with E-state index < -0.39 is 22.8 Å². The van der Waals surface area contributed by atoms with Crippen LogP contribution in [0.15, 0.2) is 60.7 Å². The summed E-state index contributed by atoms with van der Waals surface area (Å²) in [5.41, 5.74) is 1.35. The van der Waals surface area contributed by atoms with Crippen LogP contribution in [-0.2, 0) is 25.5 Å². The second-order valence-corrected chi connectivity index (χ2v) is 10.7. The molecule has 0 aliphatic carbocycles. The molecule has 0 aromatic heterocycles. The molecule has 178 valence electrons. The quantitative estimate of drug-likeness (QED) is 0.370. The van der Waals surface area contributed by atoms with Gasteiger partial charge in [-0.15, -0.1) is 11.8 Å². The Bertz CT molecular complexity index is 1090. The third-order valence-electron chi connectivity index (χ3n) is 5.96. The SMILES string of the molecule is CN(COC(=O)[C@@H]1N2C(=O)[C@@H](NC(=O)Cc3ccccc3)[C@H]2SC1(C)C)C(=O)c1ccccc1. The molecule has 2 aromatic rings. The number of ether oxygens (including phenoxy) is 1. The first-order valence-corrected chi connectivity index (χ1v) is 11.9. The van der Waals surface area contributed by atoms with E-state index in [0.29, 0.717) is 5.56 Å². The summed E-state index contributed by atoms with van der Waals surface area (Å²) in [6.07, 6.45) is 0.179. The van der Waals surface area contributed by atoms with Gasteiger partial charge in [0, 0.05) is 17.4 Å². The Balaban J connectivity index is 1.35. The fraction of sp³-hybridized carbons (Fsp3) is 0.360. The van der Waals surface area contributed by atoms with Crippen LogP contribution in [0.1, 0.15) is 29.8 Å². The number of carbonyl (C=O) groups is 4. The molecular weight excluding hydrogens is 454 g/mol. The highest BCUT2D eigenvalue weighted by molar-refractivity contribution is 8.01. The lowest BCUT2D eigenvalue weighted by molar-refractivity contribution is -0.166. The summed E-state index contributed by atoms with van der Waals surface area (Å²) in [4.78, 5) is 53.6. The maximum atomic E-state index is 13.0. The largest absolute Gasteiger partial charge is 0.443 e. The number of hydrogen-bond donors (Lipinski definition) is 1. The number of benzene rings is 2. The minimum absolute atomic E-state index is 0.179. The minimum atomic E-state index is -0.808. The van der Waals surface area contributed by atoms with E-state index in [-0.39, 0.29) is 36.2 Å². The van der Waals surface area contributed by atoms with E-state index in [4.69, 9.17) is 4.74 Å². The molecule has 9 heteroatoms. The average Bonchev–Trinajstić information content (AvgIpc) is 3.09. The van der Waals surface area contributed by atoms with Gasteiger partial charge < -0.3 is 19.9 Å². The van der Waals surface area contributed by atoms with Crippen LogP contribution in [0.3, 0.4) is 0 Å². The molecule has 2 aliphatic rings. The van der Waals surface area contributed by atoms with E-state index in [1.807, 2.05) is 50.2 Å². The predicted octanol–water partition coefficient (Wildman–Crippen LogP) is 2.05.